The van der Waals surface area contributed by atoms with Crippen LogP contribution in [0.25, 0.3) is 21.5 Å². The second-order valence-electron chi connectivity index (χ2n) is 20.3. The normalized spacial score (nSPS) is 10.4. The molecular weight excluding hydrogens is 1190 g/mol. The molecule has 8 heteroatoms. The summed E-state index contributed by atoms with van der Waals surface area (Å²) in [7, 11) is 1.68. The first-order chi connectivity index (χ1) is 37.3. The van der Waals surface area contributed by atoms with Gasteiger partial charge in [0.05, 0.1) is 7.11 Å². The van der Waals surface area contributed by atoms with E-state index in [1.54, 1.807) is 7.11 Å². The van der Waals surface area contributed by atoms with E-state index in [4.69, 9.17) is 62.7 Å². The van der Waals surface area contributed by atoms with Crippen LogP contribution in [-0.2, 0) is 45.5 Å². The maximum atomic E-state index is 6.08. The first kappa shape index (κ1) is 68.0. The molecule has 9 rings (SSSR count). The monoisotopic (exact) mass is 1270 g/mol. The van der Waals surface area contributed by atoms with Crippen molar-refractivity contribution >= 4 is 111 Å². The fourth-order valence-corrected chi connectivity index (χ4v) is 9.28. The number of rotatable bonds is 9. The number of fused-ring (bicyclic) bond motifs is 2. The van der Waals surface area contributed by atoms with Gasteiger partial charge in [-0.25, -0.2) is 0 Å². The smallest absolute Gasteiger partial charge is 0.122 e. The van der Waals surface area contributed by atoms with Crippen LogP contribution in [0.5, 0.6) is 5.75 Å². The maximum Gasteiger partial charge on any atom is 0.122 e. The molecule has 0 unspecified atom stereocenters. The molecule has 0 radical (unpaired) electrons. The van der Waals surface area contributed by atoms with Gasteiger partial charge in [-0.05, 0) is 141 Å². The zero-order chi connectivity index (χ0) is 57.6. The highest BCUT2D eigenvalue weighted by atomic mass is 79.9. The van der Waals surface area contributed by atoms with Gasteiger partial charge in [-0.2, -0.15) is 0 Å². The molecular formula is C70H79Br2Cl5O. The van der Waals surface area contributed by atoms with E-state index in [2.05, 4.69) is 252 Å². The number of hydrogen-bond acceptors (Lipinski definition) is 1. The van der Waals surface area contributed by atoms with Crippen molar-refractivity contribution in [1.29, 1.82) is 0 Å². The van der Waals surface area contributed by atoms with Crippen LogP contribution >= 0.6 is 89.9 Å². The van der Waals surface area contributed by atoms with Crippen molar-refractivity contribution in [3.05, 3.63) is 266 Å². The molecule has 0 aromatic heterocycles. The van der Waals surface area contributed by atoms with Crippen molar-refractivity contribution in [1.82, 2.24) is 0 Å². The van der Waals surface area contributed by atoms with E-state index in [9.17, 15) is 0 Å². The van der Waals surface area contributed by atoms with Crippen LogP contribution in [0.4, 0.5) is 0 Å². The van der Waals surface area contributed by atoms with E-state index in [0.717, 1.165) is 22.0 Å². The van der Waals surface area contributed by atoms with Crippen LogP contribution in [0.1, 0.15) is 118 Å². The van der Waals surface area contributed by atoms with Gasteiger partial charge in [0.25, 0.3) is 0 Å². The third-order valence-corrected chi connectivity index (χ3v) is 15.5. The van der Waals surface area contributed by atoms with Crippen LogP contribution in [0.15, 0.2) is 188 Å². The standard InChI is InChI=1S/C15H11Cl.C11H15Br.C10H13ClO.C10H13Cl.C8H9Br.2C8H9Cl/c16-10-15-13-7-3-1-5-11(13)9-12-6-2-4-8-14(12)15;1-11(2,3)10-6-4-9(8-12)5-7-10;1-7-4-9(6-11)5-10(12-3)8(7)2;1-8(2)10-5-3-9(7-11)4-6-10;3*1-7-2-4-8(6-9)5-3-7/h1-9H,10H2;4-7H,8H2,1-3H3;4-5H,6H2,1-3H3;3-6,8H,7H2,1-2H3;3*2-5H,6H2,1H3. The first-order valence-corrected chi connectivity index (χ1v) is 31.1. The van der Waals surface area contributed by atoms with Crippen molar-refractivity contribution in [3.63, 3.8) is 0 Å². The van der Waals surface area contributed by atoms with Crippen LogP contribution < -0.4 is 4.74 Å². The summed E-state index contributed by atoms with van der Waals surface area (Å²) in [4.78, 5) is 0. The molecule has 0 amide bonds. The van der Waals surface area contributed by atoms with Crippen molar-refractivity contribution < 1.29 is 4.74 Å². The minimum atomic E-state index is 0.269. The second-order valence-corrected chi connectivity index (χ2v) is 22.7. The van der Waals surface area contributed by atoms with Crippen molar-refractivity contribution in [3.8, 4) is 5.75 Å². The average Bonchev–Trinajstić information content (AvgIpc) is 3.47. The van der Waals surface area contributed by atoms with Crippen LogP contribution in [-0.4, -0.2) is 7.11 Å². The second kappa shape index (κ2) is 36.9. The van der Waals surface area contributed by atoms with Crippen LogP contribution in [0, 0.1) is 34.6 Å². The summed E-state index contributed by atoms with van der Waals surface area (Å²) in [6, 6.07) is 65.3. The highest BCUT2D eigenvalue weighted by molar-refractivity contribution is 9.08. The summed E-state index contributed by atoms with van der Waals surface area (Å²) in [5, 5.41) is 6.94. The Kier molecular flexibility index (Phi) is 32.1. The lowest BCUT2D eigenvalue weighted by molar-refractivity contribution is 0.411. The molecule has 9 aromatic carbocycles. The zero-order valence-corrected chi connectivity index (χ0v) is 54.4. The van der Waals surface area contributed by atoms with Gasteiger partial charge in [-0.1, -0.05) is 259 Å². The summed E-state index contributed by atoms with van der Waals surface area (Å²) in [6.07, 6.45) is 0. The third-order valence-electron chi connectivity index (χ3n) is 12.7. The molecule has 0 aliphatic heterocycles. The fourth-order valence-electron chi connectivity index (χ4n) is 7.56. The summed E-state index contributed by atoms with van der Waals surface area (Å²) < 4.78 is 5.21. The van der Waals surface area contributed by atoms with Gasteiger partial charge in [0.15, 0.2) is 0 Å². The largest absolute Gasteiger partial charge is 0.496 e. The zero-order valence-electron chi connectivity index (χ0n) is 47.5. The summed E-state index contributed by atoms with van der Waals surface area (Å²) in [5.74, 6) is 4.46. The number of aryl methyl sites for hydroxylation is 4. The Bertz CT molecular complexity index is 2910. The number of methoxy groups -OCH3 is 1. The Morgan fingerprint density at radius 2 is 0.782 bits per heavy atom. The van der Waals surface area contributed by atoms with Gasteiger partial charge < -0.3 is 4.74 Å². The number of ether oxygens (including phenoxy) is 1. The van der Waals surface area contributed by atoms with Gasteiger partial charge >= 0.3 is 0 Å². The molecule has 0 aliphatic rings. The van der Waals surface area contributed by atoms with Gasteiger partial charge in [0.2, 0.25) is 0 Å². The van der Waals surface area contributed by atoms with E-state index in [1.807, 2.05) is 37.3 Å². The minimum absolute atomic E-state index is 0.269. The molecule has 78 heavy (non-hydrogen) atoms. The molecule has 0 spiro atoms. The topological polar surface area (TPSA) is 9.23 Å². The predicted octanol–water partition coefficient (Wildman–Crippen LogP) is 23.6. The molecule has 9 aromatic rings. The van der Waals surface area contributed by atoms with E-state index in [0.29, 0.717) is 35.3 Å². The molecule has 414 valence electrons. The molecule has 0 saturated heterocycles. The third kappa shape index (κ3) is 24.2. The molecule has 0 aliphatic carbocycles. The number of alkyl halides is 7. The Labute approximate surface area is 511 Å². The lowest BCUT2D eigenvalue weighted by atomic mass is 9.87. The van der Waals surface area contributed by atoms with Crippen LogP contribution in [0.3, 0.4) is 0 Å². The minimum Gasteiger partial charge on any atom is -0.496 e. The van der Waals surface area contributed by atoms with E-state index in [1.165, 1.54) is 93.9 Å². The molecule has 1 nitrogen and oxygen atoms in total. The highest BCUT2D eigenvalue weighted by Crippen LogP contribution is 2.30. The van der Waals surface area contributed by atoms with Crippen molar-refractivity contribution in [2.75, 3.05) is 7.11 Å². The van der Waals surface area contributed by atoms with E-state index in [-0.39, 0.29) is 5.41 Å². The Morgan fingerprint density at radius 1 is 0.423 bits per heavy atom. The van der Waals surface area contributed by atoms with Crippen LogP contribution in [0.2, 0.25) is 0 Å². The lowest BCUT2D eigenvalue weighted by Crippen LogP contribution is -2.10. The average molecular weight is 1270 g/mol. The lowest BCUT2D eigenvalue weighted by Gasteiger charge is -2.18. The van der Waals surface area contributed by atoms with E-state index < -0.39 is 0 Å². The Balaban J connectivity index is 0.000000242. The Morgan fingerprint density at radius 3 is 1.12 bits per heavy atom. The SMILES string of the molecule is CC(C)(C)c1ccc(CBr)cc1.CC(C)c1ccc(CCl)cc1.COc1cc(CCl)cc(C)c1C.Cc1ccc(CBr)cc1.Cc1ccc(CCl)cc1.Cc1ccc(CCl)cc1.ClCc1c2ccccc2cc2ccccc12. The maximum absolute atomic E-state index is 6.08. The van der Waals surface area contributed by atoms with E-state index >= 15 is 0 Å². The molecule has 0 bridgehead atoms. The van der Waals surface area contributed by atoms with Gasteiger partial charge in [0, 0.05) is 40.1 Å². The predicted molar refractivity (Wildman–Crippen MR) is 356 cm³/mol. The summed E-state index contributed by atoms with van der Waals surface area (Å²) >= 11 is 35.4. The first-order valence-electron chi connectivity index (χ1n) is 26.1. The van der Waals surface area contributed by atoms with Gasteiger partial charge in [-0.3, -0.25) is 0 Å². The van der Waals surface area contributed by atoms with Gasteiger partial charge in [-0.15, -0.1) is 58.0 Å². The fraction of sp³-hybridized carbons (Fsp3) is 0.286. The number of hydrogen-bond donors (Lipinski definition) is 0. The number of halogens is 7. The molecule has 0 fully saturated rings. The van der Waals surface area contributed by atoms with Crippen molar-refractivity contribution in [2.45, 2.75) is 121 Å². The molecule has 0 atom stereocenters. The molecule has 0 heterocycles. The van der Waals surface area contributed by atoms with Crippen molar-refractivity contribution in [2.24, 2.45) is 0 Å². The Hall–Kier alpha value is -4.29. The number of benzene rings is 9. The molecule has 0 N–H and O–H groups in total. The summed E-state index contributed by atoms with van der Waals surface area (Å²) in [6.45, 7) is 21.4. The highest BCUT2D eigenvalue weighted by Gasteiger charge is 2.12. The molecule has 0 saturated carbocycles. The summed E-state index contributed by atoms with van der Waals surface area (Å²) in [5.41, 5.74) is 17.9. The quantitative estimate of drug-likeness (QED) is 0.103. The van der Waals surface area contributed by atoms with Gasteiger partial charge in [0.1, 0.15) is 5.75 Å².